The molecule has 0 spiro atoms. The monoisotopic (exact) mass is 453 g/mol. The number of hydrogen-bond acceptors (Lipinski definition) is 7. The summed E-state index contributed by atoms with van der Waals surface area (Å²) in [5, 5.41) is 19.1. The highest BCUT2D eigenvalue weighted by molar-refractivity contribution is 5.98. The number of hydrogen-bond donors (Lipinski definition) is 4. The lowest BCUT2D eigenvalue weighted by Gasteiger charge is -2.21. The van der Waals surface area contributed by atoms with E-state index in [0.717, 1.165) is 4.68 Å². The highest BCUT2D eigenvalue weighted by atomic mass is 16.3. The first-order valence-electron chi connectivity index (χ1n) is 10.3. The van der Waals surface area contributed by atoms with Gasteiger partial charge in [0.1, 0.15) is 23.2 Å². The molecule has 0 unspecified atom stereocenters. The van der Waals surface area contributed by atoms with Crippen molar-refractivity contribution < 1.29 is 14.3 Å². The molecule has 0 aliphatic heterocycles. The van der Waals surface area contributed by atoms with Crippen LogP contribution in [0, 0.1) is 0 Å². The van der Waals surface area contributed by atoms with E-state index in [2.05, 4.69) is 22.3 Å². The number of para-hydroxylation sites is 1. The summed E-state index contributed by atoms with van der Waals surface area (Å²) >= 11 is 0. The number of benzene rings is 1. The molecular weight excluding hydrogens is 426 g/mol. The van der Waals surface area contributed by atoms with Gasteiger partial charge in [0.05, 0.1) is 17.5 Å². The van der Waals surface area contributed by atoms with Crippen molar-refractivity contribution in [2.45, 2.75) is 26.4 Å². The molecule has 0 aliphatic rings. The van der Waals surface area contributed by atoms with Crippen LogP contribution in [0.15, 0.2) is 62.8 Å². The molecule has 0 fully saturated rings. The third-order valence-electron chi connectivity index (χ3n) is 5.03. The normalized spacial score (nSPS) is 11.6. The predicted molar refractivity (Wildman–Crippen MR) is 126 cm³/mol. The molecule has 4 N–H and O–H groups in total. The van der Waals surface area contributed by atoms with Crippen LogP contribution in [-0.2, 0) is 6.54 Å². The molecule has 0 bridgehead atoms. The lowest BCUT2D eigenvalue weighted by molar-refractivity contribution is 0.0824. The molecule has 10 heteroatoms. The molecule has 1 atom stereocenters. The van der Waals surface area contributed by atoms with Crippen molar-refractivity contribution in [3.05, 3.63) is 80.8 Å². The van der Waals surface area contributed by atoms with E-state index in [4.69, 9.17) is 4.42 Å². The number of anilines is 3. The third-order valence-corrected chi connectivity index (χ3v) is 5.03. The van der Waals surface area contributed by atoms with E-state index < -0.39 is 23.1 Å². The van der Waals surface area contributed by atoms with Gasteiger partial charge in [-0.15, -0.1) is 0 Å². The van der Waals surface area contributed by atoms with E-state index in [1.807, 2.05) is 0 Å². The van der Waals surface area contributed by atoms with Crippen molar-refractivity contribution in [2.24, 2.45) is 0 Å². The minimum atomic E-state index is -0.589. The highest BCUT2D eigenvalue weighted by Crippen LogP contribution is 2.33. The second-order valence-corrected chi connectivity index (χ2v) is 7.71. The first-order chi connectivity index (χ1) is 15.6. The molecule has 2 aromatic heterocycles. The van der Waals surface area contributed by atoms with Gasteiger partial charge in [-0.05, 0) is 38.1 Å². The zero-order valence-corrected chi connectivity index (χ0v) is 18.9. The second-order valence-electron chi connectivity index (χ2n) is 7.71. The molecule has 3 rings (SSSR count). The van der Waals surface area contributed by atoms with Crippen molar-refractivity contribution in [1.82, 2.24) is 14.7 Å². The lowest BCUT2D eigenvalue weighted by atomic mass is 10.1. The van der Waals surface area contributed by atoms with E-state index in [9.17, 15) is 19.5 Å². The fraction of sp³-hybridized carbons (Fsp3) is 0.261. The van der Waals surface area contributed by atoms with E-state index in [-0.39, 0.29) is 34.9 Å². The number of aromatic nitrogens is 2. The van der Waals surface area contributed by atoms with Crippen LogP contribution in [0.4, 0.5) is 17.1 Å². The summed E-state index contributed by atoms with van der Waals surface area (Å²) in [5.41, 5.74) is -0.436. The quantitative estimate of drug-likeness (QED) is 0.304. The van der Waals surface area contributed by atoms with Gasteiger partial charge >= 0.3 is 0 Å². The number of nitrogens with zero attached hydrogens (tertiary/aromatic N) is 2. The molecule has 33 heavy (non-hydrogen) atoms. The van der Waals surface area contributed by atoms with Gasteiger partial charge in [0, 0.05) is 20.6 Å². The van der Waals surface area contributed by atoms with Crippen LogP contribution in [-0.4, -0.2) is 39.8 Å². The van der Waals surface area contributed by atoms with E-state index in [1.165, 1.54) is 23.3 Å². The number of aromatic amines is 1. The molecule has 1 amide bonds. The number of carbonyl (C=O) groups excluding carboxylic acids is 1. The number of amides is 1. The molecule has 1 aromatic carbocycles. The van der Waals surface area contributed by atoms with Crippen LogP contribution in [0.1, 0.15) is 36.0 Å². The van der Waals surface area contributed by atoms with Crippen LogP contribution in [0.2, 0.25) is 0 Å². The van der Waals surface area contributed by atoms with E-state index in [1.54, 1.807) is 46.1 Å². The Morgan fingerprint density at radius 3 is 2.55 bits per heavy atom. The summed E-state index contributed by atoms with van der Waals surface area (Å²) in [6.45, 7) is 7.64. The summed E-state index contributed by atoms with van der Waals surface area (Å²) in [6.07, 6.45) is 1.50. The predicted octanol–water partition coefficient (Wildman–Crippen LogP) is 3.03. The van der Waals surface area contributed by atoms with Crippen molar-refractivity contribution in [3.8, 4) is 5.75 Å². The van der Waals surface area contributed by atoms with Crippen LogP contribution in [0.25, 0.3) is 0 Å². The number of nitrogens with one attached hydrogen (secondary N) is 3. The summed E-state index contributed by atoms with van der Waals surface area (Å²) in [4.78, 5) is 39.8. The van der Waals surface area contributed by atoms with E-state index in [0.29, 0.717) is 11.3 Å². The number of phenols is 1. The number of phenolic OH excluding ortho intramolecular Hbond substituents is 1. The van der Waals surface area contributed by atoms with Crippen LogP contribution in [0.5, 0.6) is 5.75 Å². The van der Waals surface area contributed by atoms with Gasteiger partial charge in [0.25, 0.3) is 17.0 Å². The second kappa shape index (κ2) is 9.51. The van der Waals surface area contributed by atoms with Gasteiger partial charge in [0.15, 0.2) is 5.75 Å². The Morgan fingerprint density at radius 1 is 1.24 bits per heavy atom. The fourth-order valence-corrected chi connectivity index (χ4v) is 3.29. The molecule has 10 nitrogen and oxygen atoms in total. The first-order valence-corrected chi connectivity index (χ1v) is 10.3. The van der Waals surface area contributed by atoms with Crippen molar-refractivity contribution in [3.63, 3.8) is 0 Å². The SMILES string of the molecule is C=C(C)[C@@H](Nc1c(Nc2cccc(C(=O)N(C)C)c2O)c(=O)n(CC)[nH]c1=O)c1ccco1. The zero-order valence-electron chi connectivity index (χ0n) is 18.9. The Bertz CT molecular complexity index is 1290. The van der Waals surface area contributed by atoms with Gasteiger partial charge in [-0.25, -0.2) is 4.68 Å². The molecule has 0 saturated heterocycles. The number of carbonyl (C=O) groups is 1. The Kier molecular flexibility index (Phi) is 6.76. The Balaban J connectivity index is 2.14. The average Bonchev–Trinajstić information content (AvgIpc) is 3.30. The number of furan rings is 1. The summed E-state index contributed by atoms with van der Waals surface area (Å²) in [7, 11) is 3.12. The Hall–Kier alpha value is -4.21. The fourth-order valence-electron chi connectivity index (χ4n) is 3.29. The standard InChI is InChI=1S/C23H27N5O5/c1-6-28-23(32)19(24-15-10-7-9-14(20(15)29)22(31)27(4)5)18(21(30)26-28)25-17(13(2)3)16-11-8-12-33-16/h7-12,17,24-25,29H,2,6H2,1,3-5H3,(H,26,30)/t17-/m1/s1. The summed E-state index contributed by atoms with van der Waals surface area (Å²) in [5.74, 6) is -0.243. The number of aryl methyl sites for hydroxylation is 1. The molecule has 0 aliphatic carbocycles. The maximum Gasteiger partial charge on any atom is 0.291 e. The summed E-state index contributed by atoms with van der Waals surface area (Å²) < 4.78 is 6.61. The topological polar surface area (TPSA) is 133 Å². The third kappa shape index (κ3) is 4.69. The maximum atomic E-state index is 13.1. The van der Waals surface area contributed by atoms with Crippen LogP contribution >= 0.6 is 0 Å². The Morgan fingerprint density at radius 2 is 1.97 bits per heavy atom. The molecule has 3 aromatic rings. The molecular formula is C23H27N5O5. The molecule has 0 saturated carbocycles. The smallest absolute Gasteiger partial charge is 0.291 e. The number of rotatable bonds is 8. The largest absolute Gasteiger partial charge is 0.505 e. The molecule has 174 valence electrons. The highest BCUT2D eigenvalue weighted by Gasteiger charge is 2.23. The van der Waals surface area contributed by atoms with Gasteiger partial charge in [-0.1, -0.05) is 18.2 Å². The number of H-pyrrole nitrogens is 1. The minimum absolute atomic E-state index is 0.0514. The van der Waals surface area contributed by atoms with Crippen molar-refractivity contribution in [1.29, 1.82) is 0 Å². The van der Waals surface area contributed by atoms with Gasteiger partial charge in [-0.3, -0.25) is 19.5 Å². The average molecular weight is 453 g/mol. The van der Waals surface area contributed by atoms with Crippen molar-refractivity contribution in [2.75, 3.05) is 24.7 Å². The summed E-state index contributed by atoms with van der Waals surface area (Å²) in [6, 6.07) is 7.38. The molecule has 0 radical (unpaired) electrons. The molecule has 2 heterocycles. The van der Waals surface area contributed by atoms with Crippen LogP contribution < -0.4 is 21.8 Å². The van der Waals surface area contributed by atoms with Gasteiger partial charge < -0.3 is 25.1 Å². The van der Waals surface area contributed by atoms with Crippen molar-refractivity contribution >= 4 is 23.0 Å². The Labute approximate surface area is 190 Å². The van der Waals surface area contributed by atoms with E-state index >= 15 is 0 Å². The van der Waals surface area contributed by atoms with Crippen LogP contribution in [0.3, 0.4) is 0 Å². The number of aromatic hydroxyl groups is 1. The zero-order chi connectivity index (χ0) is 24.3. The first kappa shape index (κ1) is 23.5. The van der Waals surface area contributed by atoms with Gasteiger partial charge in [0.2, 0.25) is 0 Å². The maximum absolute atomic E-state index is 13.1. The lowest BCUT2D eigenvalue weighted by Crippen LogP contribution is -2.34. The minimum Gasteiger partial charge on any atom is -0.505 e. The van der Waals surface area contributed by atoms with Gasteiger partial charge in [-0.2, -0.15) is 0 Å².